The van der Waals surface area contributed by atoms with E-state index in [0.29, 0.717) is 0 Å². The first-order chi connectivity index (χ1) is 9.19. The molecule has 0 N–H and O–H groups in total. The molecule has 0 fully saturated rings. The van der Waals surface area contributed by atoms with Gasteiger partial charge >= 0.3 is 0 Å². The summed E-state index contributed by atoms with van der Waals surface area (Å²) < 4.78 is 0. The third kappa shape index (κ3) is 3.83. The van der Waals surface area contributed by atoms with Gasteiger partial charge in [0, 0.05) is 10.5 Å². The molecule has 0 saturated carbocycles. The van der Waals surface area contributed by atoms with E-state index in [4.69, 9.17) is 0 Å². The zero-order valence-electron chi connectivity index (χ0n) is 11.1. The second-order valence-electron chi connectivity index (χ2n) is 4.34. The second kappa shape index (κ2) is 6.39. The molecule has 0 aliphatic heterocycles. The third-order valence-electron chi connectivity index (χ3n) is 2.88. The number of ketones is 1. The third-order valence-corrected chi connectivity index (χ3v) is 3.62. The van der Waals surface area contributed by atoms with E-state index in [0.717, 1.165) is 11.1 Å². The Morgan fingerprint density at radius 1 is 1.00 bits per heavy atom. The molecule has 2 aromatic carbocycles. The lowest BCUT2D eigenvalue weighted by Gasteiger charge is -1.99. The van der Waals surface area contributed by atoms with E-state index in [1.165, 1.54) is 10.5 Å². The maximum absolute atomic E-state index is 12.0. The highest BCUT2D eigenvalue weighted by Gasteiger charge is 2.01. The number of carbonyl (C=O) groups is 1. The lowest BCUT2D eigenvalue weighted by Crippen LogP contribution is -1.93. The van der Waals surface area contributed by atoms with Crippen molar-refractivity contribution in [1.82, 2.24) is 0 Å². The highest BCUT2D eigenvalue weighted by molar-refractivity contribution is 7.98. The molecule has 0 aromatic heterocycles. The van der Waals surface area contributed by atoms with Crippen LogP contribution in [0.4, 0.5) is 0 Å². The molecule has 0 aliphatic rings. The molecule has 2 aromatic rings. The Hall–Kier alpha value is -1.80. The molecule has 19 heavy (non-hydrogen) atoms. The van der Waals surface area contributed by atoms with Gasteiger partial charge in [-0.3, -0.25) is 4.79 Å². The molecule has 0 unspecified atom stereocenters. The highest BCUT2D eigenvalue weighted by atomic mass is 32.2. The van der Waals surface area contributed by atoms with Crippen LogP contribution in [-0.2, 0) is 0 Å². The number of rotatable bonds is 4. The fourth-order valence-electron chi connectivity index (χ4n) is 1.70. The fourth-order valence-corrected chi connectivity index (χ4v) is 2.11. The van der Waals surface area contributed by atoms with Crippen molar-refractivity contribution < 1.29 is 4.79 Å². The van der Waals surface area contributed by atoms with Gasteiger partial charge < -0.3 is 0 Å². The van der Waals surface area contributed by atoms with Gasteiger partial charge in [0.05, 0.1) is 0 Å². The Balaban J connectivity index is 2.09. The maximum Gasteiger partial charge on any atom is 0.185 e. The van der Waals surface area contributed by atoms with Crippen molar-refractivity contribution in [2.45, 2.75) is 11.8 Å². The predicted octanol–water partition coefficient (Wildman–Crippen LogP) is 4.61. The monoisotopic (exact) mass is 268 g/mol. The van der Waals surface area contributed by atoms with Gasteiger partial charge in [0.15, 0.2) is 5.78 Å². The summed E-state index contributed by atoms with van der Waals surface area (Å²) in [5, 5.41) is 0. The van der Waals surface area contributed by atoms with Crippen molar-refractivity contribution >= 4 is 23.6 Å². The summed E-state index contributed by atoms with van der Waals surface area (Å²) in [6, 6.07) is 15.8. The summed E-state index contributed by atoms with van der Waals surface area (Å²) in [5.41, 5.74) is 2.98. The quantitative estimate of drug-likeness (QED) is 0.457. The minimum Gasteiger partial charge on any atom is -0.289 e. The van der Waals surface area contributed by atoms with Gasteiger partial charge in [0.25, 0.3) is 0 Å². The Morgan fingerprint density at radius 3 is 2.21 bits per heavy atom. The summed E-state index contributed by atoms with van der Waals surface area (Å²) in [6.07, 6.45) is 5.50. The SMILES string of the molecule is CSc1ccc(C(=O)C=Cc2ccc(C)cc2)cc1. The van der Waals surface area contributed by atoms with Gasteiger partial charge in [-0.15, -0.1) is 11.8 Å². The molecule has 0 radical (unpaired) electrons. The molecule has 0 bridgehead atoms. The van der Waals surface area contributed by atoms with Crippen LogP contribution in [-0.4, -0.2) is 12.0 Å². The van der Waals surface area contributed by atoms with E-state index < -0.39 is 0 Å². The molecule has 0 saturated heterocycles. The highest BCUT2D eigenvalue weighted by Crippen LogP contribution is 2.15. The lowest BCUT2D eigenvalue weighted by molar-refractivity contribution is 0.104. The number of hydrogen-bond donors (Lipinski definition) is 0. The van der Waals surface area contributed by atoms with Crippen molar-refractivity contribution in [2.24, 2.45) is 0 Å². The summed E-state index contributed by atoms with van der Waals surface area (Å²) in [7, 11) is 0. The first-order valence-corrected chi connectivity index (χ1v) is 7.34. The molecule has 2 rings (SSSR count). The predicted molar refractivity (Wildman–Crippen MR) is 82.8 cm³/mol. The molecular formula is C17H16OS. The number of hydrogen-bond acceptors (Lipinski definition) is 2. The van der Waals surface area contributed by atoms with Gasteiger partial charge in [-0.25, -0.2) is 0 Å². The van der Waals surface area contributed by atoms with Crippen LogP contribution in [0.15, 0.2) is 59.5 Å². The normalized spacial score (nSPS) is 10.8. The van der Waals surface area contributed by atoms with Crippen molar-refractivity contribution in [3.05, 3.63) is 71.3 Å². The topological polar surface area (TPSA) is 17.1 Å². The summed E-state index contributed by atoms with van der Waals surface area (Å²) in [6.45, 7) is 2.05. The largest absolute Gasteiger partial charge is 0.289 e. The van der Waals surface area contributed by atoms with Crippen molar-refractivity contribution in [3.8, 4) is 0 Å². The van der Waals surface area contributed by atoms with E-state index >= 15 is 0 Å². The second-order valence-corrected chi connectivity index (χ2v) is 5.22. The van der Waals surface area contributed by atoms with Crippen LogP contribution in [0.3, 0.4) is 0 Å². The van der Waals surface area contributed by atoms with Crippen molar-refractivity contribution in [3.63, 3.8) is 0 Å². The first kappa shape index (κ1) is 13.6. The molecule has 0 spiro atoms. The van der Waals surface area contributed by atoms with Gasteiger partial charge in [-0.1, -0.05) is 35.9 Å². The average molecular weight is 268 g/mol. The minimum absolute atomic E-state index is 0.0354. The van der Waals surface area contributed by atoms with Gasteiger partial charge in [0.2, 0.25) is 0 Å². The summed E-state index contributed by atoms with van der Waals surface area (Å²) >= 11 is 1.67. The zero-order valence-corrected chi connectivity index (χ0v) is 11.9. The van der Waals surface area contributed by atoms with E-state index in [-0.39, 0.29) is 5.78 Å². The van der Waals surface area contributed by atoms with Crippen LogP contribution in [0.5, 0.6) is 0 Å². The van der Waals surface area contributed by atoms with Crippen molar-refractivity contribution in [2.75, 3.05) is 6.26 Å². The smallest absolute Gasteiger partial charge is 0.185 e. The van der Waals surface area contributed by atoms with Crippen LogP contribution >= 0.6 is 11.8 Å². The van der Waals surface area contributed by atoms with Crippen LogP contribution in [0.2, 0.25) is 0 Å². The zero-order chi connectivity index (χ0) is 13.7. The molecule has 0 atom stereocenters. The Labute approximate surface area is 118 Å². The summed E-state index contributed by atoms with van der Waals surface area (Å²) in [5.74, 6) is 0.0354. The Morgan fingerprint density at radius 2 is 1.63 bits per heavy atom. The molecule has 0 amide bonds. The van der Waals surface area contributed by atoms with Gasteiger partial charge in [-0.2, -0.15) is 0 Å². The van der Waals surface area contributed by atoms with Gasteiger partial charge in [0.1, 0.15) is 0 Å². The van der Waals surface area contributed by atoms with Crippen molar-refractivity contribution in [1.29, 1.82) is 0 Å². The van der Waals surface area contributed by atoms with Crippen LogP contribution in [0.1, 0.15) is 21.5 Å². The Kier molecular flexibility index (Phi) is 4.58. The van der Waals surface area contributed by atoms with Crippen LogP contribution in [0, 0.1) is 6.92 Å². The molecule has 0 heterocycles. The maximum atomic E-state index is 12.0. The Bertz CT molecular complexity index is 580. The molecule has 96 valence electrons. The number of thioether (sulfide) groups is 1. The summed E-state index contributed by atoms with van der Waals surface area (Å²) in [4.78, 5) is 13.2. The van der Waals surface area contributed by atoms with E-state index in [9.17, 15) is 4.79 Å². The van der Waals surface area contributed by atoms with E-state index in [1.54, 1.807) is 17.8 Å². The first-order valence-electron chi connectivity index (χ1n) is 6.12. The average Bonchev–Trinajstić information content (AvgIpc) is 2.46. The minimum atomic E-state index is 0.0354. The molecule has 2 heteroatoms. The van der Waals surface area contributed by atoms with E-state index in [2.05, 4.69) is 0 Å². The number of allylic oxidation sites excluding steroid dienone is 1. The number of aryl methyl sites for hydroxylation is 1. The van der Waals surface area contributed by atoms with Crippen LogP contribution in [0.25, 0.3) is 6.08 Å². The van der Waals surface area contributed by atoms with Crippen LogP contribution < -0.4 is 0 Å². The molecule has 1 nitrogen and oxygen atoms in total. The molecular weight excluding hydrogens is 252 g/mol. The fraction of sp³-hybridized carbons (Fsp3) is 0.118. The van der Waals surface area contributed by atoms with E-state index in [1.807, 2.05) is 67.8 Å². The lowest BCUT2D eigenvalue weighted by atomic mass is 10.1. The standard InChI is InChI=1S/C17H16OS/c1-13-3-5-14(6-4-13)7-12-17(18)15-8-10-16(19-2)11-9-15/h3-12H,1-2H3. The number of carbonyl (C=O) groups excluding carboxylic acids is 1. The van der Waals surface area contributed by atoms with Gasteiger partial charge in [-0.05, 0) is 49.1 Å². The number of benzene rings is 2. The molecule has 0 aliphatic carbocycles.